The van der Waals surface area contributed by atoms with E-state index in [0.717, 1.165) is 18.4 Å². The van der Waals surface area contributed by atoms with Crippen LogP contribution in [0.25, 0.3) is 0 Å². The summed E-state index contributed by atoms with van der Waals surface area (Å²) in [5.41, 5.74) is 0.669. The van der Waals surface area contributed by atoms with Crippen LogP contribution >= 0.6 is 0 Å². The van der Waals surface area contributed by atoms with Crippen LogP contribution in [-0.4, -0.2) is 60.6 Å². The minimum Gasteiger partial charge on any atom is -0.484 e. The van der Waals surface area contributed by atoms with Gasteiger partial charge in [0.15, 0.2) is 23.1 Å². The number of piperidine rings is 1. The summed E-state index contributed by atoms with van der Waals surface area (Å²) in [6.45, 7) is 1.90. The summed E-state index contributed by atoms with van der Waals surface area (Å²) in [6.07, 6.45) is 0.747. The first-order chi connectivity index (χ1) is 15.0. The van der Waals surface area contributed by atoms with Gasteiger partial charge < -0.3 is 19.9 Å². The third kappa shape index (κ3) is 3.84. The van der Waals surface area contributed by atoms with Crippen LogP contribution in [0.3, 0.4) is 0 Å². The van der Waals surface area contributed by atoms with Gasteiger partial charge in [-0.15, -0.1) is 0 Å². The number of rotatable bonds is 3. The molecule has 0 saturated carbocycles. The van der Waals surface area contributed by atoms with E-state index in [1.54, 1.807) is 14.0 Å². The highest BCUT2D eigenvalue weighted by Gasteiger charge is 2.41. The molecule has 3 heterocycles. The van der Waals surface area contributed by atoms with E-state index < -0.39 is 45.6 Å². The van der Waals surface area contributed by atoms with Crippen LogP contribution in [-0.2, 0) is 17.1 Å². The van der Waals surface area contributed by atoms with Crippen LogP contribution in [0.1, 0.15) is 33.0 Å². The van der Waals surface area contributed by atoms with Gasteiger partial charge in [-0.25, -0.2) is 17.2 Å². The number of hydrogen-bond donors (Lipinski definition) is 2. The van der Waals surface area contributed by atoms with E-state index >= 15 is 0 Å². The summed E-state index contributed by atoms with van der Waals surface area (Å²) in [6, 6.07) is 2.51. The quantitative estimate of drug-likeness (QED) is 0.708. The Bertz CT molecular complexity index is 1230. The SMILES string of the molecule is Cc1c2c(c(C(=O)Nc3ccc(F)c(F)c3)n1C)OC1CN(S(C)(=O)=O)CCC1NC2=O. The average Bonchev–Trinajstić information content (AvgIpc) is 2.85. The molecule has 0 bridgehead atoms. The zero-order valence-electron chi connectivity index (χ0n) is 17.6. The van der Waals surface area contributed by atoms with Gasteiger partial charge in [0.25, 0.3) is 11.8 Å². The molecule has 1 saturated heterocycles. The van der Waals surface area contributed by atoms with Crippen LogP contribution in [0.2, 0.25) is 0 Å². The first kappa shape index (κ1) is 22.2. The zero-order valence-corrected chi connectivity index (χ0v) is 18.4. The lowest BCUT2D eigenvalue weighted by Gasteiger charge is -2.36. The number of amides is 2. The van der Waals surface area contributed by atoms with Crippen LogP contribution in [0.5, 0.6) is 5.75 Å². The molecule has 4 rings (SSSR count). The van der Waals surface area contributed by atoms with Crippen molar-refractivity contribution in [1.82, 2.24) is 14.2 Å². The zero-order chi connectivity index (χ0) is 23.4. The molecule has 2 aliphatic heterocycles. The smallest absolute Gasteiger partial charge is 0.276 e. The maximum absolute atomic E-state index is 13.5. The van der Waals surface area contributed by atoms with Crippen LogP contribution < -0.4 is 15.4 Å². The summed E-state index contributed by atoms with van der Waals surface area (Å²) in [4.78, 5) is 26.0. The lowest BCUT2D eigenvalue weighted by molar-refractivity contribution is 0.0800. The monoisotopic (exact) mass is 468 g/mol. The van der Waals surface area contributed by atoms with Crippen molar-refractivity contribution < 1.29 is 31.5 Å². The Morgan fingerprint density at radius 3 is 2.66 bits per heavy atom. The van der Waals surface area contributed by atoms with Crippen molar-refractivity contribution in [3.63, 3.8) is 0 Å². The normalized spacial score (nSPS) is 21.1. The molecule has 0 aliphatic carbocycles. The van der Waals surface area contributed by atoms with E-state index in [1.165, 1.54) is 14.9 Å². The number of benzene rings is 1. The molecule has 2 unspecified atom stereocenters. The number of hydrogen-bond acceptors (Lipinski definition) is 5. The predicted molar refractivity (Wildman–Crippen MR) is 111 cm³/mol. The van der Waals surface area contributed by atoms with Gasteiger partial charge >= 0.3 is 0 Å². The molecule has 2 N–H and O–H groups in total. The molecule has 12 heteroatoms. The van der Waals surface area contributed by atoms with Gasteiger partial charge in [0.1, 0.15) is 11.7 Å². The van der Waals surface area contributed by atoms with Crippen LogP contribution in [0.15, 0.2) is 18.2 Å². The van der Waals surface area contributed by atoms with Crippen molar-refractivity contribution in [1.29, 1.82) is 0 Å². The second-order valence-electron chi connectivity index (χ2n) is 7.93. The molecule has 1 fully saturated rings. The Hall–Kier alpha value is -2.99. The molecule has 32 heavy (non-hydrogen) atoms. The second kappa shape index (κ2) is 7.85. The second-order valence-corrected chi connectivity index (χ2v) is 9.91. The maximum Gasteiger partial charge on any atom is 0.276 e. The Morgan fingerprint density at radius 1 is 1.28 bits per heavy atom. The maximum atomic E-state index is 13.5. The van der Waals surface area contributed by atoms with Gasteiger partial charge in [0.05, 0.1) is 18.8 Å². The van der Waals surface area contributed by atoms with Crippen molar-refractivity contribution in [3.8, 4) is 5.75 Å². The van der Waals surface area contributed by atoms with Gasteiger partial charge in [-0.05, 0) is 25.5 Å². The van der Waals surface area contributed by atoms with Crippen LogP contribution in [0.4, 0.5) is 14.5 Å². The summed E-state index contributed by atoms with van der Waals surface area (Å²) >= 11 is 0. The molecule has 9 nitrogen and oxygen atoms in total. The third-order valence-electron chi connectivity index (χ3n) is 5.84. The molecular formula is C20H22F2N4O5S. The Kier molecular flexibility index (Phi) is 5.45. The number of ether oxygens (including phenoxy) is 1. The van der Waals surface area contributed by atoms with Crippen LogP contribution in [0, 0.1) is 18.6 Å². The predicted octanol–water partition coefficient (Wildman–Crippen LogP) is 1.39. The first-order valence-corrected chi connectivity index (χ1v) is 11.7. The van der Waals surface area contributed by atoms with E-state index in [4.69, 9.17) is 4.74 Å². The number of nitrogens with one attached hydrogen (secondary N) is 2. The number of carbonyl (C=O) groups excluding carboxylic acids is 2. The lowest BCUT2D eigenvalue weighted by atomic mass is 10.0. The number of aromatic nitrogens is 1. The first-order valence-electron chi connectivity index (χ1n) is 9.85. The van der Waals surface area contributed by atoms with Crippen molar-refractivity contribution in [2.75, 3.05) is 24.7 Å². The van der Waals surface area contributed by atoms with E-state index in [9.17, 15) is 26.8 Å². The lowest BCUT2D eigenvalue weighted by Crippen LogP contribution is -2.56. The van der Waals surface area contributed by atoms with Gasteiger partial charge in [-0.1, -0.05) is 0 Å². The van der Waals surface area contributed by atoms with E-state index in [1.807, 2.05) is 0 Å². The molecule has 1 aromatic carbocycles. The molecule has 2 amide bonds. The number of fused-ring (bicyclic) bond motifs is 2. The number of anilines is 1. The van der Waals surface area contributed by atoms with Crippen molar-refractivity contribution >= 4 is 27.5 Å². The topological polar surface area (TPSA) is 110 Å². The highest BCUT2D eigenvalue weighted by atomic mass is 32.2. The van der Waals surface area contributed by atoms with E-state index in [0.29, 0.717) is 12.1 Å². The number of sulfonamides is 1. The molecule has 172 valence electrons. The van der Waals surface area contributed by atoms with E-state index in [-0.39, 0.29) is 35.8 Å². The molecule has 2 aliphatic rings. The van der Waals surface area contributed by atoms with Gasteiger partial charge in [0.2, 0.25) is 10.0 Å². The fourth-order valence-corrected chi connectivity index (χ4v) is 4.89. The molecule has 0 radical (unpaired) electrons. The summed E-state index contributed by atoms with van der Waals surface area (Å²) in [5.74, 6) is -3.27. The molecule has 2 aromatic rings. The molecule has 1 aromatic heterocycles. The van der Waals surface area contributed by atoms with Crippen molar-refractivity contribution in [2.45, 2.75) is 25.5 Å². The number of carbonyl (C=O) groups is 2. The van der Waals surface area contributed by atoms with Crippen molar-refractivity contribution in [3.05, 3.63) is 46.8 Å². The third-order valence-corrected chi connectivity index (χ3v) is 7.11. The van der Waals surface area contributed by atoms with E-state index in [2.05, 4.69) is 10.6 Å². The minimum absolute atomic E-state index is 0.00881. The number of halogens is 2. The van der Waals surface area contributed by atoms with Gasteiger partial charge in [0, 0.05) is 31.0 Å². The largest absolute Gasteiger partial charge is 0.484 e. The average molecular weight is 468 g/mol. The van der Waals surface area contributed by atoms with Gasteiger partial charge in [-0.3, -0.25) is 9.59 Å². The summed E-state index contributed by atoms with van der Waals surface area (Å²) < 4.78 is 59.6. The van der Waals surface area contributed by atoms with Crippen molar-refractivity contribution in [2.24, 2.45) is 7.05 Å². The fraction of sp³-hybridized carbons (Fsp3) is 0.400. The minimum atomic E-state index is -3.47. The Morgan fingerprint density at radius 2 is 2.00 bits per heavy atom. The fourth-order valence-electron chi connectivity index (χ4n) is 4.04. The highest BCUT2D eigenvalue weighted by molar-refractivity contribution is 7.88. The number of nitrogens with zero attached hydrogens (tertiary/aromatic N) is 2. The molecular weight excluding hydrogens is 446 g/mol. The summed E-state index contributed by atoms with van der Waals surface area (Å²) in [7, 11) is -1.90. The molecule has 0 spiro atoms. The Balaban J connectivity index is 1.71. The molecule has 2 atom stereocenters. The standard InChI is InChI=1S/C20H22F2N4O5S/c1-10-16-18(17(25(10)2)20(28)23-11-4-5-12(21)13(22)8-11)31-15-9-26(32(3,29)30)7-6-14(15)24-19(16)27/h4-5,8,14-15H,6-7,9H2,1-3H3,(H,23,28)(H,24,27). The van der Waals surface area contributed by atoms with Gasteiger partial charge in [-0.2, -0.15) is 4.31 Å². The Labute approximate surface area is 183 Å². The summed E-state index contributed by atoms with van der Waals surface area (Å²) in [5, 5.41) is 5.36. The highest BCUT2D eigenvalue weighted by Crippen LogP contribution is 2.35.